The Labute approximate surface area is 129 Å². The Morgan fingerprint density at radius 1 is 1.28 bits per heavy atom. The molecule has 0 aliphatic carbocycles. The van der Waals surface area contributed by atoms with Crippen LogP contribution in [0.2, 0.25) is 0 Å². The van der Waals surface area contributed by atoms with Crippen molar-refractivity contribution in [3.05, 3.63) is 29.8 Å². The van der Waals surface area contributed by atoms with Crippen LogP contribution >= 0.6 is 0 Å². The molecule has 1 aromatic carbocycles. The fraction of sp³-hybridized carbons (Fsp3) is 0.455. The van der Waals surface area contributed by atoms with Crippen LogP contribution in [0, 0.1) is 5.92 Å². The SMILES string of the molecule is CC(C)COc1ccc(C(O)S(=O)(=O)[O-])cc1.[Na+]. The third kappa shape index (κ3) is 5.69. The Bertz CT molecular complexity index is 455. The first-order valence-electron chi connectivity index (χ1n) is 5.16. The zero-order chi connectivity index (χ0) is 13.1. The Morgan fingerprint density at radius 2 is 1.78 bits per heavy atom. The topological polar surface area (TPSA) is 86.7 Å². The summed E-state index contributed by atoms with van der Waals surface area (Å²) in [6, 6.07) is 5.75. The van der Waals surface area contributed by atoms with Gasteiger partial charge < -0.3 is 14.4 Å². The predicted molar refractivity (Wildman–Crippen MR) is 61.4 cm³/mol. The van der Waals surface area contributed by atoms with E-state index in [1.807, 2.05) is 13.8 Å². The van der Waals surface area contributed by atoms with Crippen molar-refractivity contribution in [2.24, 2.45) is 5.92 Å². The molecule has 0 fully saturated rings. The fourth-order valence-corrected chi connectivity index (χ4v) is 1.65. The smallest absolute Gasteiger partial charge is 0.746 e. The summed E-state index contributed by atoms with van der Waals surface area (Å²) in [4.78, 5) is 0. The van der Waals surface area contributed by atoms with E-state index < -0.39 is 15.6 Å². The maximum absolute atomic E-state index is 10.6. The van der Waals surface area contributed by atoms with E-state index in [-0.39, 0.29) is 35.1 Å². The molecular formula is C11H15NaO5S. The largest absolute Gasteiger partial charge is 1.00 e. The third-order valence-corrected chi connectivity index (χ3v) is 2.84. The maximum atomic E-state index is 10.6. The summed E-state index contributed by atoms with van der Waals surface area (Å²) < 4.78 is 37.2. The van der Waals surface area contributed by atoms with Gasteiger partial charge in [0, 0.05) is 0 Å². The van der Waals surface area contributed by atoms with Gasteiger partial charge in [0.25, 0.3) is 0 Å². The quantitative estimate of drug-likeness (QED) is 0.512. The van der Waals surface area contributed by atoms with Gasteiger partial charge in [0.05, 0.1) is 6.61 Å². The molecule has 1 unspecified atom stereocenters. The molecule has 1 rings (SSSR count). The summed E-state index contributed by atoms with van der Waals surface area (Å²) in [5, 5.41) is 9.22. The molecule has 0 amide bonds. The molecule has 18 heavy (non-hydrogen) atoms. The van der Waals surface area contributed by atoms with Gasteiger partial charge in [0.1, 0.15) is 15.9 Å². The van der Waals surface area contributed by atoms with Gasteiger partial charge in [-0.25, -0.2) is 8.42 Å². The molecule has 1 N–H and O–H groups in total. The first-order chi connectivity index (χ1) is 7.80. The second-order valence-electron chi connectivity index (χ2n) is 4.12. The first kappa shape index (κ1) is 17.9. The molecule has 0 aliphatic heterocycles. The van der Waals surface area contributed by atoms with Gasteiger partial charge in [-0.15, -0.1) is 0 Å². The van der Waals surface area contributed by atoms with E-state index in [4.69, 9.17) is 4.74 Å². The summed E-state index contributed by atoms with van der Waals surface area (Å²) in [6.07, 6.45) is 0. The average Bonchev–Trinajstić information content (AvgIpc) is 2.25. The van der Waals surface area contributed by atoms with E-state index in [9.17, 15) is 18.1 Å². The van der Waals surface area contributed by atoms with Crippen LogP contribution in [0.15, 0.2) is 24.3 Å². The summed E-state index contributed by atoms with van der Waals surface area (Å²) >= 11 is 0. The molecule has 0 aliphatic rings. The average molecular weight is 282 g/mol. The van der Waals surface area contributed by atoms with Gasteiger partial charge in [-0.1, -0.05) is 26.0 Å². The van der Waals surface area contributed by atoms with E-state index >= 15 is 0 Å². The number of ether oxygens (including phenoxy) is 1. The van der Waals surface area contributed by atoms with Crippen LogP contribution in [-0.2, 0) is 10.1 Å². The molecule has 0 saturated heterocycles. The number of aliphatic hydroxyl groups is 1. The van der Waals surface area contributed by atoms with E-state index in [1.54, 1.807) is 0 Å². The normalized spacial score (nSPS) is 12.9. The summed E-state index contributed by atoms with van der Waals surface area (Å²) in [7, 11) is -4.73. The summed E-state index contributed by atoms with van der Waals surface area (Å²) in [6.45, 7) is 4.55. The van der Waals surface area contributed by atoms with Crippen LogP contribution in [0.25, 0.3) is 0 Å². The predicted octanol–water partition coefficient (Wildman–Crippen LogP) is -1.74. The monoisotopic (exact) mass is 282 g/mol. The van der Waals surface area contributed by atoms with Crippen molar-refractivity contribution in [3.63, 3.8) is 0 Å². The number of hydrogen-bond donors (Lipinski definition) is 1. The van der Waals surface area contributed by atoms with E-state index in [0.29, 0.717) is 18.3 Å². The van der Waals surface area contributed by atoms with Crippen molar-refractivity contribution in [2.75, 3.05) is 6.61 Å². The van der Waals surface area contributed by atoms with Crippen LogP contribution < -0.4 is 34.3 Å². The van der Waals surface area contributed by atoms with E-state index in [2.05, 4.69) is 0 Å². The van der Waals surface area contributed by atoms with Crippen molar-refractivity contribution < 1.29 is 52.4 Å². The first-order valence-corrected chi connectivity index (χ1v) is 6.63. The molecule has 1 atom stereocenters. The molecule has 7 heteroatoms. The van der Waals surface area contributed by atoms with Crippen molar-refractivity contribution in [1.29, 1.82) is 0 Å². The van der Waals surface area contributed by atoms with Gasteiger partial charge in [-0.2, -0.15) is 0 Å². The molecule has 0 aromatic heterocycles. The van der Waals surface area contributed by atoms with Gasteiger partial charge in [0.15, 0.2) is 5.44 Å². The van der Waals surface area contributed by atoms with Gasteiger partial charge in [-0.05, 0) is 23.6 Å². The van der Waals surface area contributed by atoms with Gasteiger partial charge in [-0.3, -0.25) is 0 Å². The van der Waals surface area contributed by atoms with Crippen LogP contribution in [0.4, 0.5) is 0 Å². The van der Waals surface area contributed by atoms with Gasteiger partial charge in [0.2, 0.25) is 0 Å². The van der Waals surface area contributed by atoms with E-state index in [0.717, 1.165) is 0 Å². The van der Waals surface area contributed by atoms with Crippen LogP contribution in [-0.4, -0.2) is 24.7 Å². The van der Waals surface area contributed by atoms with Crippen LogP contribution in [0.1, 0.15) is 24.8 Å². The number of rotatable bonds is 5. The second-order valence-corrected chi connectivity index (χ2v) is 5.55. The fourth-order valence-electron chi connectivity index (χ4n) is 1.16. The van der Waals surface area contributed by atoms with Crippen molar-refractivity contribution >= 4 is 10.1 Å². The van der Waals surface area contributed by atoms with Crippen LogP contribution in [0.3, 0.4) is 0 Å². The molecule has 5 nitrogen and oxygen atoms in total. The van der Waals surface area contributed by atoms with Crippen molar-refractivity contribution in [3.8, 4) is 5.75 Å². The molecule has 0 heterocycles. The summed E-state index contributed by atoms with van der Waals surface area (Å²) in [5.74, 6) is 0.945. The molecule has 0 spiro atoms. The Hall–Kier alpha value is -0.110. The van der Waals surface area contributed by atoms with E-state index in [1.165, 1.54) is 24.3 Å². The number of hydrogen-bond acceptors (Lipinski definition) is 5. The number of aliphatic hydroxyl groups excluding tert-OH is 1. The van der Waals surface area contributed by atoms with Gasteiger partial charge >= 0.3 is 29.6 Å². The Kier molecular flexibility index (Phi) is 7.43. The Balaban J connectivity index is 0.00000289. The minimum Gasteiger partial charge on any atom is -0.746 e. The second kappa shape index (κ2) is 7.47. The summed E-state index contributed by atoms with van der Waals surface area (Å²) in [5.41, 5.74) is -1.99. The standard InChI is InChI=1S/C11H16O5S.Na/c1-8(2)7-16-10-5-3-9(4-6-10)11(12)17(13,14)15;/h3-6,8,11-12H,7H2,1-2H3,(H,13,14,15);/q;+1/p-1. The minimum atomic E-state index is -4.73. The molecule has 0 bridgehead atoms. The molecule has 96 valence electrons. The molecular weight excluding hydrogens is 267 g/mol. The third-order valence-electron chi connectivity index (χ3n) is 2.02. The molecule has 0 radical (unpaired) electrons. The molecule has 1 aromatic rings. The van der Waals surface area contributed by atoms with Crippen molar-refractivity contribution in [1.82, 2.24) is 0 Å². The molecule has 0 saturated carbocycles. The Morgan fingerprint density at radius 3 is 2.17 bits per heavy atom. The van der Waals surface area contributed by atoms with Crippen molar-refractivity contribution in [2.45, 2.75) is 19.3 Å². The number of benzene rings is 1. The minimum absolute atomic E-state index is 0. The zero-order valence-corrected chi connectivity index (χ0v) is 13.5. The zero-order valence-electron chi connectivity index (χ0n) is 10.7. The maximum Gasteiger partial charge on any atom is 1.00 e. The van der Waals surface area contributed by atoms with Crippen LogP contribution in [0.5, 0.6) is 5.75 Å².